The van der Waals surface area contributed by atoms with E-state index in [9.17, 15) is 24.3 Å². The molecule has 7 rings (SSSR count). The van der Waals surface area contributed by atoms with Crippen LogP contribution in [0.15, 0.2) is 84.4 Å². The van der Waals surface area contributed by atoms with Gasteiger partial charge in [0.15, 0.2) is 11.5 Å². The van der Waals surface area contributed by atoms with Crippen molar-refractivity contribution in [3.8, 4) is 17.2 Å². The molecule has 0 spiro atoms. The Labute approximate surface area is 261 Å². The van der Waals surface area contributed by atoms with Crippen LogP contribution in [0.25, 0.3) is 0 Å². The normalized spacial score (nSPS) is 28.9. The van der Waals surface area contributed by atoms with Crippen LogP contribution in [-0.2, 0) is 25.7 Å². The fraction of sp³-hybridized carbons (Fsp3) is 0.333. The first-order chi connectivity index (χ1) is 21.7. The average molecular weight is 607 g/mol. The molecule has 2 aliphatic heterocycles. The van der Waals surface area contributed by atoms with Crippen LogP contribution < -0.4 is 14.4 Å². The third kappa shape index (κ3) is 4.13. The second kappa shape index (κ2) is 10.6. The number of phenolic OH excluding ortho intramolecular Hbond substituents is 1. The Morgan fingerprint density at radius 2 is 1.47 bits per heavy atom. The van der Waals surface area contributed by atoms with Crippen LogP contribution in [0.4, 0.5) is 5.69 Å². The van der Waals surface area contributed by atoms with Gasteiger partial charge in [0.05, 0.1) is 49.6 Å². The summed E-state index contributed by atoms with van der Waals surface area (Å²) in [6.45, 7) is 2.01. The molecule has 0 radical (unpaired) electrons. The van der Waals surface area contributed by atoms with Gasteiger partial charge in [-0.25, -0.2) is 4.90 Å². The van der Waals surface area contributed by atoms with Crippen molar-refractivity contribution >= 4 is 29.3 Å². The number of likely N-dealkylation sites (tertiary alicyclic amines) is 1. The fourth-order valence-corrected chi connectivity index (χ4v) is 8.29. The number of phenols is 1. The maximum absolute atomic E-state index is 14.5. The summed E-state index contributed by atoms with van der Waals surface area (Å²) in [5, 5.41) is 10.7. The van der Waals surface area contributed by atoms with Crippen molar-refractivity contribution in [1.29, 1.82) is 0 Å². The molecule has 45 heavy (non-hydrogen) atoms. The van der Waals surface area contributed by atoms with Gasteiger partial charge in [-0.2, -0.15) is 0 Å². The van der Waals surface area contributed by atoms with Gasteiger partial charge in [-0.3, -0.25) is 24.1 Å². The summed E-state index contributed by atoms with van der Waals surface area (Å²) in [7, 11) is 2.87. The molecule has 230 valence electrons. The number of imide groups is 2. The lowest BCUT2D eigenvalue weighted by atomic mass is 9.51. The number of anilines is 1. The number of benzene rings is 3. The maximum Gasteiger partial charge on any atom is 0.241 e. The molecule has 6 atom stereocenters. The third-order valence-corrected chi connectivity index (χ3v) is 10.4. The molecule has 3 fully saturated rings. The van der Waals surface area contributed by atoms with E-state index in [2.05, 4.69) is 0 Å². The maximum atomic E-state index is 14.5. The summed E-state index contributed by atoms with van der Waals surface area (Å²) < 4.78 is 11.0. The SMILES string of the molecule is COc1cc(C2C3=CCC4C(=O)N(Cc5ccccc5)C(=O)C4C3CC3C(=O)N(c4ccccc4)C(=O)C32C)cc(OC)c1O. The number of hydrogen-bond donors (Lipinski definition) is 1. The molecule has 9 heteroatoms. The summed E-state index contributed by atoms with van der Waals surface area (Å²) in [5.41, 5.74) is 1.60. The lowest BCUT2D eigenvalue weighted by molar-refractivity contribution is -0.141. The van der Waals surface area contributed by atoms with Crippen molar-refractivity contribution in [2.24, 2.45) is 29.1 Å². The van der Waals surface area contributed by atoms with Crippen molar-refractivity contribution in [3.05, 3.63) is 95.6 Å². The number of allylic oxidation sites excluding steroid dienone is 2. The highest BCUT2D eigenvalue weighted by molar-refractivity contribution is 6.24. The largest absolute Gasteiger partial charge is 0.502 e. The molecule has 3 aromatic rings. The molecule has 0 bridgehead atoms. The average Bonchev–Trinajstić information content (AvgIpc) is 3.41. The predicted octanol–water partition coefficient (Wildman–Crippen LogP) is 4.84. The second-order valence-corrected chi connectivity index (χ2v) is 12.5. The van der Waals surface area contributed by atoms with E-state index in [1.54, 1.807) is 36.4 Å². The van der Waals surface area contributed by atoms with Crippen LogP contribution >= 0.6 is 0 Å². The Bertz CT molecular complexity index is 1730. The van der Waals surface area contributed by atoms with E-state index in [4.69, 9.17) is 9.47 Å². The predicted molar refractivity (Wildman–Crippen MR) is 164 cm³/mol. The third-order valence-electron chi connectivity index (χ3n) is 10.4. The molecule has 2 heterocycles. The van der Waals surface area contributed by atoms with Crippen LogP contribution in [-0.4, -0.2) is 47.9 Å². The van der Waals surface area contributed by atoms with Gasteiger partial charge in [-0.15, -0.1) is 0 Å². The molecule has 9 nitrogen and oxygen atoms in total. The lowest BCUT2D eigenvalue weighted by Crippen LogP contribution is -2.48. The molecular weight excluding hydrogens is 572 g/mol. The highest BCUT2D eigenvalue weighted by Crippen LogP contribution is 2.64. The monoisotopic (exact) mass is 606 g/mol. The number of amides is 4. The van der Waals surface area contributed by atoms with E-state index in [1.807, 2.05) is 49.4 Å². The van der Waals surface area contributed by atoms with E-state index in [0.717, 1.165) is 11.1 Å². The Balaban J connectivity index is 1.37. The first-order valence-electron chi connectivity index (χ1n) is 15.2. The smallest absolute Gasteiger partial charge is 0.241 e. The van der Waals surface area contributed by atoms with Gasteiger partial charge in [0, 0.05) is 5.92 Å². The van der Waals surface area contributed by atoms with Crippen molar-refractivity contribution in [3.63, 3.8) is 0 Å². The van der Waals surface area contributed by atoms with Crippen molar-refractivity contribution in [2.45, 2.75) is 32.2 Å². The molecule has 4 amide bonds. The Morgan fingerprint density at radius 1 is 0.844 bits per heavy atom. The number of carbonyl (C=O) groups is 4. The van der Waals surface area contributed by atoms with Crippen molar-refractivity contribution in [1.82, 2.24) is 4.90 Å². The Hall–Kier alpha value is -4.92. The van der Waals surface area contributed by atoms with Crippen LogP contribution in [0, 0.1) is 29.1 Å². The number of fused-ring (bicyclic) bond motifs is 4. The highest BCUT2D eigenvalue weighted by Gasteiger charge is 2.67. The number of para-hydroxylation sites is 1. The van der Waals surface area contributed by atoms with Crippen LogP contribution in [0.2, 0.25) is 0 Å². The van der Waals surface area contributed by atoms with Gasteiger partial charge in [0.1, 0.15) is 0 Å². The first-order valence-corrected chi connectivity index (χ1v) is 15.2. The first kappa shape index (κ1) is 28.8. The summed E-state index contributed by atoms with van der Waals surface area (Å²) >= 11 is 0. The zero-order chi connectivity index (χ0) is 31.6. The van der Waals surface area contributed by atoms with Crippen LogP contribution in [0.1, 0.15) is 36.8 Å². The molecule has 6 unspecified atom stereocenters. The van der Waals surface area contributed by atoms with Gasteiger partial charge in [0.25, 0.3) is 0 Å². The number of nitrogens with zero attached hydrogens (tertiary/aromatic N) is 2. The number of aromatic hydroxyl groups is 1. The van der Waals surface area contributed by atoms with Gasteiger partial charge >= 0.3 is 0 Å². The fourth-order valence-electron chi connectivity index (χ4n) is 8.29. The number of ether oxygens (including phenoxy) is 2. The van der Waals surface area contributed by atoms with Gasteiger partial charge in [-0.05, 0) is 61.1 Å². The minimum absolute atomic E-state index is 0.166. The summed E-state index contributed by atoms with van der Waals surface area (Å²) in [4.78, 5) is 59.3. The number of methoxy groups -OCH3 is 2. The minimum Gasteiger partial charge on any atom is -0.502 e. The van der Waals surface area contributed by atoms with E-state index >= 15 is 0 Å². The lowest BCUT2D eigenvalue weighted by Gasteiger charge is -2.49. The van der Waals surface area contributed by atoms with Gasteiger partial charge < -0.3 is 14.6 Å². The quantitative estimate of drug-likeness (QED) is 0.316. The molecule has 1 saturated carbocycles. The second-order valence-electron chi connectivity index (χ2n) is 12.5. The standard InChI is InChI=1S/C36H34N2O7/c1-36-26(33(41)38(35(36)43)22-12-8-5-9-13-22)18-25-23(30(36)21-16-27(44-2)31(39)28(17-21)45-3)14-15-24-29(25)34(42)37(32(24)40)19-20-10-6-4-7-11-20/h4-14,16-17,24-26,29-30,39H,15,18-19H2,1-3H3. The topological polar surface area (TPSA) is 113 Å². The van der Waals surface area contributed by atoms with Crippen LogP contribution in [0.5, 0.6) is 17.2 Å². The van der Waals surface area contributed by atoms with E-state index in [-0.39, 0.29) is 53.8 Å². The van der Waals surface area contributed by atoms with Crippen molar-refractivity contribution < 1.29 is 33.8 Å². The number of carbonyl (C=O) groups excluding carboxylic acids is 4. The molecule has 1 N–H and O–H groups in total. The zero-order valence-corrected chi connectivity index (χ0v) is 25.3. The Kier molecular flexibility index (Phi) is 6.80. The summed E-state index contributed by atoms with van der Waals surface area (Å²) in [6, 6.07) is 21.6. The van der Waals surface area contributed by atoms with E-state index in [1.165, 1.54) is 24.0 Å². The van der Waals surface area contributed by atoms with Crippen molar-refractivity contribution in [2.75, 3.05) is 19.1 Å². The number of rotatable bonds is 6. The highest BCUT2D eigenvalue weighted by atomic mass is 16.5. The van der Waals surface area contributed by atoms with Gasteiger partial charge in [-0.1, -0.05) is 60.2 Å². The van der Waals surface area contributed by atoms with Gasteiger partial charge in [0.2, 0.25) is 29.4 Å². The number of hydrogen-bond acceptors (Lipinski definition) is 7. The Morgan fingerprint density at radius 3 is 2.09 bits per heavy atom. The molecule has 2 aliphatic carbocycles. The summed E-state index contributed by atoms with van der Waals surface area (Å²) in [6.07, 6.45) is 2.61. The zero-order valence-electron chi connectivity index (χ0n) is 25.3. The van der Waals surface area contributed by atoms with E-state index in [0.29, 0.717) is 17.7 Å². The molecule has 2 saturated heterocycles. The molecule has 0 aromatic heterocycles. The minimum atomic E-state index is -1.22. The molecular formula is C36H34N2O7. The van der Waals surface area contributed by atoms with E-state index < -0.39 is 35.0 Å². The summed E-state index contributed by atoms with van der Waals surface area (Å²) in [5.74, 6) is -4.00. The van der Waals surface area contributed by atoms with Crippen LogP contribution in [0.3, 0.4) is 0 Å². The molecule has 3 aromatic carbocycles. The molecule has 4 aliphatic rings.